The summed E-state index contributed by atoms with van der Waals surface area (Å²) in [7, 11) is 0. The van der Waals surface area contributed by atoms with E-state index in [1.165, 1.54) is 34.4 Å². The van der Waals surface area contributed by atoms with Crippen molar-refractivity contribution in [2.45, 2.75) is 32.1 Å². The number of aromatic nitrogens is 1. The van der Waals surface area contributed by atoms with Crippen LogP contribution in [0.4, 0.5) is 0 Å². The summed E-state index contributed by atoms with van der Waals surface area (Å²) >= 11 is 1.71. The Hall–Kier alpha value is -2.46. The van der Waals surface area contributed by atoms with Crippen LogP contribution >= 0.6 is 11.3 Å². The first kappa shape index (κ1) is 16.0. The van der Waals surface area contributed by atoms with Crippen LogP contribution in [0.15, 0.2) is 47.2 Å². The van der Waals surface area contributed by atoms with Gasteiger partial charge in [-0.3, -0.25) is 9.78 Å². The highest BCUT2D eigenvalue weighted by Gasteiger charge is 2.18. The number of aryl methyl sites for hydroxylation is 1. The lowest BCUT2D eigenvalue weighted by atomic mass is 9.97. The molecule has 1 aromatic carbocycles. The van der Waals surface area contributed by atoms with E-state index >= 15 is 0 Å². The van der Waals surface area contributed by atoms with E-state index in [9.17, 15) is 4.79 Å². The van der Waals surface area contributed by atoms with Crippen molar-refractivity contribution in [2.75, 3.05) is 0 Å². The average Bonchev–Trinajstić information content (AvgIpc) is 3.27. The first-order valence-corrected chi connectivity index (χ1v) is 9.53. The largest absolute Gasteiger partial charge is 0.369 e. The summed E-state index contributed by atoms with van der Waals surface area (Å²) in [5, 5.41) is 4.26. The number of carbonyl (C=O) groups excluding carboxylic acids is 1. The molecule has 3 aromatic rings. The second-order valence-corrected chi connectivity index (χ2v) is 7.37. The van der Waals surface area contributed by atoms with Crippen molar-refractivity contribution in [2.24, 2.45) is 5.73 Å². The number of fused-ring (bicyclic) bond motifs is 1. The summed E-state index contributed by atoms with van der Waals surface area (Å²) in [5.74, 6) is -0.292. The van der Waals surface area contributed by atoms with Gasteiger partial charge < -0.3 is 5.73 Å². The van der Waals surface area contributed by atoms with Gasteiger partial charge in [-0.25, -0.2) is 0 Å². The predicted octanol–water partition coefficient (Wildman–Crippen LogP) is 3.92. The van der Waals surface area contributed by atoms with E-state index < -0.39 is 0 Å². The molecule has 0 bridgehead atoms. The first-order valence-electron chi connectivity index (χ1n) is 8.59. The van der Waals surface area contributed by atoms with Gasteiger partial charge in [0.05, 0.1) is 12.1 Å². The maximum atomic E-state index is 11.0. The highest BCUT2D eigenvalue weighted by Crippen LogP contribution is 2.30. The summed E-state index contributed by atoms with van der Waals surface area (Å²) in [6.07, 6.45) is 4.60. The summed E-state index contributed by atoms with van der Waals surface area (Å²) in [6.45, 7) is 0. The Bertz CT molecular complexity index is 898. The number of nitrogens with two attached hydrogens (primary N) is 1. The predicted molar refractivity (Wildman–Crippen MR) is 102 cm³/mol. The van der Waals surface area contributed by atoms with Crippen molar-refractivity contribution in [1.82, 2.24) is 4.98 Å². The van der Waals surface area contributed by atoms with Crippen molar-refractivity contribution in [3.05, 3.63) is 75.1 Å². The van der Waals surface area contributed by atoms with Crippen LogP contribution in [0.3, 0.4) is 0 Å². The molecule has 1 amide bonds. The van der Waals surface area contributed by atoms with Gasteiger partial charge in [-0.2, -0.15) is 11.3 Å². The Balaban J connectivity index is 1.64. The summed E-state index contributed by atoms with van der Waals surface area (Å²) in [4.78, 5) is 15.9. The summed E-state index contributed by atoms with van der Waals surface area (Å²) < 4.78 is 0. The van der Waals surface area contributed by atoms with Gasteiger partial charge in [0.2, 0.25) is 5.91 Å². The van der Waals surface area contributed by atoms with Crippen LogP contribution in [0.2, 0.25) is 0 Å². The molecule has 1 aliphatic rings. The van der Waals surface area contributed by atoms with E-state index in [1.54, 1.807) is 11.3 Å². The van der Waals surface area contributed by atoms with Gasteiger partial charge in [0.15, 0.2) is 0 Å². The molecule has 4 rings (SSSR count). The van der Waals surface area contributed by atoms with Gasteiger partial charge in [0.1, 0.15) is 0 Å². The molecule has 2 N–H and O–H groups in total. The van der Waals surface area contributed by atoms with Crippen LogP contribution in [-0.4, -0.2) is 10.9 Å². The van der Waals surface area contributed by atoms with Crippen LogP contribution in [0.1, 0.15) is 34.4 Å². The topological polar surface area (TPSA) is 56.0 Å². The Labute approximate surface area is 151 Å². The Morgan fingerprint density at radius 2 is 1.92 bits per heavy atom. The van der Waals surface area contributed by atoms with Gasteiger partial charge in [-0.1, -0.05) is 24.3 Å². The average molecular weight is 348 g/mol. The molecular weight excluding hydrogens is 328 g/mol. The van der Waals surface area contributed by atoms with E-state index in [0.29, 0.717) is 6.42 Å². The first-order chi connectivity index (χ1) is 12.2. The number of thiophene rings is 1. The molecule has 0 spiro atoms. The minimum Gasteiger partial charge on any atom is -0.369 e. The molecule has 25 heavy (non-hydrogen) atoms. The third-order valence-corrected chi connectivity index (χ3v) is 5.44. The zero-order valence-corrected chi connectivity index (χ0v) is 14.8. The van der Waals surface area contributed by atoms with Gasteiger partial charge >= 0.3 is 0 Å². The van der Waals surface area contributed by atoms with Crippen LogP contribution in [0, 0.1) is 0 Å². The van der Waals surface area contributed by atoms with Crippen molar-refractivity contribution in [1.29, 1.82) is 0 Å². The third kappa shape index (κ3) is 3.49. The number of carbonyl (C=O) groups is 1. The number of benzene rings is 1. The SMILES string of the molecule is NC(=O)Cc1ccc(Cc2cc(-c3ccsc3)nc3c2CCC3)cc1. The number of rotatable bonds is 5. The molecule has 1 aliphatic carbocycles. The molecule has 2 heterocycles. The second-order valence-electron chi connectivity index (χ2n) is 6.59. The molecule has 0 aliphatic heterocycles. The standard InChI is InChI=1S/C21H20N2OS/c22-21(24)11-15-6-4-14(5-7-15)10-17-12-20(16-8-9-25-13-16)23-19-3-1-2-18(17)19/h4-9,12-13H,1-3,10-11H2,(H2,22,24). The van der Waals surface area contributed by atoms with Gasteiger partial charge in [-0.05, 0) is 65.4 Å². The summed E-state index contributed by atoms with van der Waals surface area (Å²) in [6, 6.07) is 12.6. The zero-order chi connectivity index (χ0) is 17.2. The molecule has 0 radical (unpaired) electrons. The van der Waals surface area contributed by atoms with Crippen LogP contribution < -0.4 is 5.73 Å². The van der Waals surface area contributed by atoms with Crippen molar-refractivity contribution in [3.8, 4) is 11.3 Å². The second kappa shape index (κ2) is 6.81. The smallest absolute Gasteiger partial charge is 0.221 e. The van der Waals surface area contributed by atoms with Crippen molar-refractivity contribution >= 4 is 17.2 Å². The Morgan fingerprint density at radius 3 is 2.64 bits per heavy atom. The highest BCUT2D eigenvalue weighted by atomic mass is 32.1. The van der Waals surface area contributed by atoms with E-state index in [2.05, 4.69) is 35.0 Å². The van der Waals surface area contributed by atoms with E-state index in [4.69, 9.17) is 10.7 Å². The molecule has 0 saturated heterocycles. The van der Waals surface area contributed by atoms with Gasteiger partial charge in [-0.15, -0.1) is 0 Å². The van der Waals surface area contributed by atoms with Crippen LogP contribution in [0.5, 0.6) is 0 Å². The molecule has 2 aromatic heterocycles. The minimum absolute atomic E-state index is 0.292. The molecule has 0 fully saturated rings. The number of amides is 1. The molecule has 0 unspecified atom stereocenters. The molecule has 126 valence electrons. The molecular formula is C21H20N2OS. The van der Waals surface area contributed by atoms with Crippen molar-refractivity contribution < 1.29 is 4.79 Å². The number of hydrogen-bond acceptors (Lipinski definition) is 3. The lowest BCUT2D eigenvalue weighted by Crippen LogP contribution is -2.13. The molecule has 4 heteroatoms. The van der Waals surface area contributed by atoms with Crippen LogP contribution in [0.25, 0.3) is 11.3 Å². The number of nitrogens with zero attached hydrogens (tertiary/aromatic N) is 1. The van der Waals surface area contributed by atoms with Crippen LogP contribution in [-0.2, 0) is 30.5 Å². The number of primary amides is 1. The quantitative estimate of drug-likeness (QED) is 0.760. The fourth-order valence-corrected chi connectivity index (χ4v) is 4.19. The Kier molecular flexibility index (Phi) is 4.36. The maximum Gasteiger partial charge on any atom is 0.221 e. The normalized spacial score (nSPS) is 13.0. The van der Waals surface area contributed by atoms with E-state index in [1.807, 2.05) is 12.1 Å². The van der Waals surface area contributed by atoms with E-state index in [0.717, 1.165) is 30.5 Å². The fourth-order valence-electron chi connectivity index (χ4n) is 3.54. The lowest BCUT2D eigenvalue weighted by molar-refractivity contribution is -0.117. The zero-order valence-electron chi connectivity index (χ0n) is 14.0. The lowest BCUT2D eigenvalue weighted by Gasteiger charge is -2.11. The number of pyridine rings is 1. The molecule has 0 atom stereocenters. The maximum absolute atomic E-state index is 11.0. The summed E-state index contributed by atoms with van der Waals surface area (Å²) in [5.41, 5.74) is 13.9. The Morgan fingerprint density at radius 1 is 1.12 bits per heavy atom. The van der Waals surface area contributed by atoms with Gasteiger partial charge in [0, 0.05) is 16.6 Å². The number of hydrogen-bond donors (Lipinski definition) is 1. The van der Waals surface area contributed by atoms with Gasteiger partial charge in [0.25, 0.3) is 0 Å². The molecule has 0 saturated carbocycles. The minimum atomic E-state index is -0.292. The fraction of sp³-hybridized carbons (Fsp3) is 0.238. The third-order valence-electron chi connectivity index (χ3n) is 4.76. The van der Waals surface area contributed by atoms with Crippen molar-refractivity contribution in [3.63, 3.8) is 0 Å². The highest BCUT2D eigenvalue weighted by molar-refractivity contribution is 7.08. The monoisotopic (exact) mass is 348 g/mol. The van der Waals surface area contributed by atoms with E-state index in [-0.39, 0.29) is 5.91 Å². The molecule has 3 nitrogen and oxygen atoms in total.